The molecule has 1 atom stereocenters. The number of carbonyl (C=O) groups is 1. The van der Waals surface area contributed by atoms with Gasteiger partial charge in [-0.3, -0.25) is 9.89 Å². The van der Waals surface area contributed by atoms with Gasteiger partial charge in [0, 0.05) is 16.2 Å². The molecule has 0 aliphatic carbocycles. The average molecular weight is 365 g/mol. The highest BCUT2D eigenvalue weighted by atomic mass is 32.2. The number of hydrogen-bond acceptors (Lipinski definition) is 6. The predicted octanol–water partition coefficient (Wildman–Crippen LogP) is 3.32. The molecule has 0 spiro atoms. The number of nitrogens with one attached hydrogen (secondary N) is 2. The number of H-pyrrole nitrogens is 1. The Morgan fingerprint density at radius 1 is 1.30 bits per heavy atom. The summed E-state index contributed by atoms with van der Waals surface area (Å²) in [5, 5.41) is 14.5. The van der Waals surface area contributed by atoms with Gasteiger partial charge >= 0.3 is 0 Å². The first kappa shape index (κ1) is 16.2. The summed E-state index contributed by atoms with van der Waals surface area (Å²) >= 11 is 4.69. The topological polar surface area (TPSA) is 70.7 Å². The van der Waals surface area contributed by atoms with E-state index >= 15 is 0 Å². The largest absolute Gasteiger partial charge is 0.350 e. The van der Waals surface area contributed by atoms with Crippen LogP contribution in [0.5, 0.6) is 0 Å². The second-order valence-corrected chi connectivity index (χ2v) is 8.25. The third kappa shape index (κ3) is 4.66. The first-order chi connectivity index (χ1) is 11.2. The molecular weight excluding hydrogens is 348 g/mol. The highest BCUT2D eigenvalue weighted by Crippen LogP contribution is 2.21. The van der Waals surface area contributed by atoms with Crippen LogP contribution in [-0.4, -0.2) is 26.3 Å². The highest BCUT2D eigenvalue weighted by Gasteiger charge is 2.17. The number of carbonyl (C=O) groups excluding carboxylic acids is 1. The van der Waals surface area contributed by atoms with Crippen molar-refractivity contribution in [1.82, 2.24) is 20.5 Å². The molecule has 3 heterocycles. The van der Waals surface area contributed by atoms with Gasteiger partial charge < -0.3 is 5.32 Å². The minimum atomic E-state index is -0.236. The third-order valence-electron chi connectivity index (χ3n) is 3.10. The first-order valence-electron chi connectivity index (χ1n) is 7.11. The van der Waals surface area contributed by atoms with Crippen molar-refractivity contribution in [1.29, 1.82) is 0 Å². The second-order valence-electron chi connectivity index (χ2n) is 4.88. The molecule has 8 heteroatoms. The Morgan fingerprint density at radius 2 is 2.04 bits per heavy atom. The molecular formula is C15H16N4OS3. The monoisotopic (exact) mass is 364 g/mol. The van der Waals surface area contributed by atoms with E-state index in [1.54, 1.807) is 22.7 Å². The maximum absolute atomic E-state index is 12.1. The zero-order chi connectivity index (χ0) is 16.1. The van der Waals surface area contributed by atoms with Crippen LogP contribution in [0.2, 0.25) is 0 Å². The fourth-order valence-corrected chi connectivity index (χ4v) is 4.05. The van der Waals surface area contributed by atoms with Gasteiger partial charge in [-0.1, -0.05) is 23.9 Å². The maximum Gasteiger partial charge on any atom is 0.233 e. The molecule has 5 nitrogen and oxygen atoms in total. The number of thiophene rings is 2. The molecule has 0 saturated heterocycles. The molecule has 120 valence electrons. The molecule has 3 aromatic heterocycles. The van der Waals surface area contributed by atoms with Gasteiger partial charge in [-0.25, -0.2) is 4.98 Å². The molecule has 0 aliphatic heterocycles. The minimum Gasteiger partial charge on any atom is -0.350 e. The van der Waals surface area contributed by atoms with E-state index in [2.05, 4.69) is 26.6 Å². The van der Waals surface area contributed by atoms with Crippen molar-refractivity contribution in [3.05, 3.63) is 50.6 Å². The Morgan fingerprint density at radius 3 is 2.74 bits per heavy atom. The molecule has 0 saturated carbocycles. The van der Waals surface area contributed by atoms with Crippen LogP contribution < -0.4 is 5.32 Å². The van der Waals surface area contributed by atoms with Crippen LogP contribution in [-0.2, 0) is 17.8 Å². The minimum absolute atomic E-state index is 0.00648. The van der Waals surface area contributed by atoms with E-state index in [4.69, 9.17) is 0 Å². The SMILES string of the molecule is CC(Sc1n[nH]c(Cc2cccs2)n1)C(=O)NCc1cccs1. The van der Waals surface area contributed by atoms with E-state index in [9.17, 15) is 4.79 Å². The normalized spacial score (nSPS) is 12.2. The van der Waals surface area contributed by atoms with E-state index in [-0.39, 0.29) is 11.2 Å². The summed E-state index contributed by atoms with van der Waals surface area (Å²) < 4.78 is 0. The van der Waals surface area contributed by atoms with Gasteiger partial charge in [0.05, 0.1) is 11.8 Å². The lowest BCUT2D eigenvalue weighted by atomic mass is 10.3. The number of aromatic amines is 1. The quantitative estimate of drug-likeness (QED) is 0.631. The maximum atomic E-state index is 12.1. The van der Waals surface area contributed by atoms with Crippen molar-refractivity contribution in [3.8, 4) is 0 Å². The number of thioether (sulfide) groups is 1. The first-order valence-corrected chi connectivity index (χ1v) is 9.75. The fraction of sp³-hybridized carbons (Fsp3) is 0.267. The summed E-state index contributed by atoms with van der Waals surface area (Å²) in [4.78, 5) is 18.9. The second kappa shape index (κ2) is 7.76. The lowest BCUT2D eigenvalue weighted by molar-refractivity contribution is -0.120. The van der Waals surface area contributed by atoms with Crippen LogP contribution in [0, 0.1) is 0 Å². The lowest BCUT2D eigenvalue weighted by Gasteiger charge is -2.09. The van der Waals surface area contributed by atoms with Crippen LogP contribution in [0.4, 0.5) is 0 Å². The van der Waals surface area contributed by atoms with Crippen molar-refractivity contribution in [3.63, 3.8) is 0 Å². The van der Waals surface area contributed by atoms with Gasteiger partial charge in [0.1, 0.15) is 5.82 Å². The molecule has 2 N–H and O–H groups in total. The van der Waals surface area contributed by atoms with E-state index in [0.717, 1.165) is 17.1 Å². The molecule has 1 amide bonds. The molecule has 0 fully saturated rings. The highest BCUT2D eigenvalue weighted by molar-refractivity contribution is 8.00. The van der Waals surface area contributed by atoms with Gasteiger partial charge in [-0.05, 0) is 29.8 Å². The number of nitrogens with zero attached hydrogens (tertiary/aromatic N) is 2. The smallest absolute Gasteiger partial charge is 0.233 e. The Bertz CT molecular complexity index is 737. The van der Waals surface area contributed by atoms with Crippen molar-refractivity contribution < 1.29 is 4.79 Å². The van der Waals surface area contributed by atoms with Gasteiger partial charge in [-0.15, -0.1) is 27.8 Å². The summed E-state index contributed by atoms with van der Waals surface area (Å²) in [6, 6.07) is 8.08. The predicted molar refractivity (Wildman–Crippen MR) is 95.0 cm³/mol. The molecule has 23 heavy (non-hydrogen) atoms. The Hall–Kier alpha value is -1.64. The van der Waals surface area contributed by atoms with E-state index in [1.165, 1.54) is 16.6 Å². The van der Waals surface area contributed by atoms with Crippen LogP contribution in [0.1, 0.15) is 22.5 Å². The number of aromatic nitrogens is 3. The van der Waals surface area contributed by atoms with E-state index in [1.807, 2.05) is 35.9 Å². The molecule has 1 unspecified atom stereocenters. The summed E-state index contributed by atoms with van der Waals surface area (Å²) in [6.45, 7) is 2.43. The zero-order valence-corrected chi connectivity index (χ0v) is 14.9. The molecule has 0 aliphatic rings. The van der Waals surface area contributed by atoms with Crippen molar-refractivity contribution in [2.45, 2.75) is 30.3 Å². The van der Waals surface area contributed by atoms with Crippen molar-refractivity contribution in [2.75, 3.05) is 0 Å². The van der Waals surface area contributed by atoms with E-state index < -0.39 is 0 Å². The van der Waals surface area contributed by atoms with Crippen LogP contribution >= 0.6 is 34.4 Å². The Labute approximate surface area is 146 Å². The van der Waals surface area contributed by atoms with Crippen LogP contribution in [0.25, 0.3) is 0 Å². The number of rotatable bonds is 7. The average Bonchev–Trinajstić information content (AvgIpc) is 3.28. The zero-order valence-electron chi connectivity index (χ0n) is 12.5. The summed E-state index contributed by atoms with van der Waals surface area (Å²) in [5.74, 6) is 0.814. The molecule has 0 bridgehead atoms. The van der Waals surface area contributed by atoms with Gasteiger partial charge in [0.25, 0.3) is 0 Å². The number of amides is 1. The van der Waals surface area contributed by atoms with Gasteiger partial charge in [-0.2, -0.15) is 0 Å². The Kier molecular flexibility index (Phi) is 5.47. The van der Waals surface area contributed by atoms with Crippen molar-refractivity contribution >= 4 is 40.3 Å². The summed E-state index contributed by atoms with van der Waals surface area (Å²) in [6.07, 6.45) is 0.740. The summed E-state index contributed by atoms with van der Waals surface area (Å²) in [7, 11) is 0. The lowest BCUT2D eigenvalue weighted by Crippen LogP contribution is -2.30. The fourth-order valence-electron chi connectivity index (χ4n) is 1.93. The van der Waals surface area contributed by atoms with Gasteiger partial charge in [0.2, 0.25) is 11.1 Å². The van der Waals surface area contributed by atoms with Crippen LogP contribution in [0.15, 0.2) is 40.2 Å². The summed E-state index contributed by atoms with van der Waals surface area (Å²) in [5.41, 5.74) is 0. The third-order valence-corrected chi connectivity index (χ3v) is 5.82. The Balaban J connectivity index is 1.50. The molecule has 0 aromatic carbocycles. The van der Waals surface area contributed by atoms with Crippen LogP contribution in [0.3, 0.4) is 0 Å². The molecule has 0 radical (unpaired) electrons. The molecule has 3 rings (SSSR count). The number of hydrogen-bond donors (Lipinski definition) is 2. The van der Waals surface area contributed by atoms with Gasteiger partial charge in [0.15, 0.2) is 0 Å². The standard InChI is InChI=1S/C15H16N4OS3/c1-10(14(20)16-9-12-5-3-7-22-12)23-15-17-13(18-19-15)8-11-4-2-6-21-11/h2-7,10H,8-9H2,1H3,(H,16,20)(H,17,18,19). The molecule has 3 aromatic rings. The van der Waals surface area contributed by atoms with E-state index in [0.29, 0.717) is 11.7 Å². The van der Waals surface area contributed by atoms with Crippen molar-refractivity contribution in [2.24, 2.45) is 0 Å².